The van der Waals surface area contributed by atoms with E-state index < -0.39 is 79.5 Å². The highest BCUT2D eigenvalue weighted by molar-refractivity contribution is 5.68. The highest BCUT2D eigenvalue weighted by Gasteiger charge is 2.36. The minimum absolute atomic E-state index is 0.0382. The van der Waals surface area contributed by atoms with Crippen molar-refractivity contribution >= 4 is 22.7 Å². The van der Waals surface area contributed by atoms with Crippen molar-refractivity contribution in [2.24, 2.45) is 0 Å². The number of anilines is 2. The SMILES string of the molecule is O=[N+]([O-])c1cccc(C2c3cc(c(O)cc3O)C(c3cccc(NO)c3)c3cc(c(O)cc3O)C(c3cccc([N+](=O)[O-])c3)c3cc(c(O)cc3O)C(c3cccc(NO)c3)c3cc2c(O)cc3O)c1. The summed E-state index contributed by atoms with van der Waals surface area (Å²) in [5.74, 6) is -9.86. The van der Waals surface area contributed by atoms with Gasteiger partial charge in [-0.1, -0.05) is 48.5 Å². The quantitative estimate of drug-likeness (QED) is 0.0498. The number of phenols is 8. The molecule has 0 amide bonds. The van der Waals surface area contributed by atoms with E-state index >= 15 is 0 Å². The topological polar surface area (TPSA) is 313 Å². The molecule has 0 aromatic heterocycles. The number of hydrogen-bond donors (Lipinski definition) is 12. The second-order valence-electron chi connectivity index (χ2n) is 16.8. The van der Waals surface area contributed by atoms with E-state index in [0.717, 1.165) is 24.3 Å². The summed E-state index contributed by atoms with van der Waals surface area (Å²) in [7, 11) is 0. The lowest BCUT2D eigenvalue weighted by molar-refractivity contribution is -0.385. The van der Waals surface area contributed by atoms with Crippen LogP contribution in [0.25, 0.3) is 0 Å². The molecule has 0 saturated carbocycles. The lowest BCUT2D eigenvalue weighted by Gasteiger charge is -2.29. The molecule has 8 aromatic rings. The molecule has 0 aliphatic heterocycles. The third-order valence-corrected chi connectivity index (χ3v) is 12.7. The van der Waals surface area contributed by atoms with Gasteiger partial charge in [0, 0.05) is 117 Å². The van der Waals surface area contributed by atoms with E-state index in [1.165, 1.54) is 97.1 Å². The van der Waals surface area contributed by atoms with Gasteiger partial charge in [-0.3, -0.25) is 41.6 Å². The maximum Gasteiger partial charge on any atom is 0.269 e. The summed E-state index contributed by atoms with van der Waals surface area (Å²) in [6.07, 6.45) is 0. The van der Waals surface area contributed by atoms with Crippen molar-refractivity contribution < 1.29 is 61.1 Å². The van der Waals surface area contributed by atoms with E-state index in [1.807, 2.05) is 0 Å². The molecular weight excluding hydrogens is 905 g/mol. The number of rotatable bonds is 8. The molecule has 1 aliphatic carbocycles. The Bertz CT molecular complexity index is 3080. The van der Waals surface area contributed by atoms with E-state index in [4.69, 9.17) is 0 Å². The van der Waals surface area contributed by atoms with Gasteiger partial charge in [-0.2, -0.15) is 0 Å². The average molecular weight is 945 g/mol. The number of nitrogens with zero attached hydrogens (tertiary/aromatic N) is 2. The van der Waals surface area contributed by atoms with Crippen molar-refractivity contribution in [3.63, 3.8) is 0 Å². The second-order valence-corrected chi connectivity index (χ2v) is 16.8. The second kappa shape index (κ2) is 17.9. The van der Waals surface area contributed by atoms with Crippen LogP contribution in [0, 0.1) is 20.2 Å². The Labute approximate surface area is 396 Å². The first-order chi connectivity index (χ1) is 33.6. The molecule has 9 rings (SSSR count). The summed E-state index contributed by atoms with van der Waals surface area (Å²) in [6, 6.07) is 32.4. The number of fused-ring (bicyclic) bond motifs is 8. The third kappa shape index (κ3) is 8.10. The van der Waals surface area contributed by atoms with Gasteiger partial charge >= 0.3 is 0 Å². The Morgan fingerprint density at radius 2 is 0.557 bits per heavy atom. The molecule has 0 atom stereocenters. The molecule has 70 heavy (non-hydrogen) atoms. The molecule has 0 unspecified atom stereocenters. The number of nitro benzene ring substituents is 2. The molecule has 0 heterocycles. The van der Waals surface area contributed by atoms with Crippen LogP contribution in [0.4, 0.5) is 22.7 Å². The third-order valence-electron chi connectivity index (χ3n) is 12.7. The van der Waals surface area contributed by atoms with Crippen LogP contribution in [-0.4, -0.2) is 61.1 Å². The van der Waals surface area contributed by atoms with Crippen molar-refractivity contribution in [2.75, 3.05) is 11.0 Å². The van der Waals surface area contributed by atoms with Crippen LogP contribution >= 0.6 is 0 Å². The van der Waals surface area contributed by atoms with Crippen LogP contribution in [0.2, 0.25) is 0 Å². The van der Waals surface area contributed by atoms with Gasteiger partial charge in [-0.15, -0.1) is 0 Å². The average Bonchev–Trinajstić information content (AvgIpc) is 3.34. The normalized spacial score (nSPS) is 16.3. The van der Waals surface area contributed by atoms with E-state index in [0.29, 0.717) is 0 Å². The molecule has 8 aromatic carbocycles. The van der Waals surface area contributed by atoms with Crippen LogP contribution in [0.15, 0.2) is 146 Å². The van der Waals surface area contributed by atoms with Crippen LogP contribution in [0.5, 0.6) is 46.0 Å². The Morgan fingerprint density at radius 1 is 0.329 bits per heavy atom. The number of aromatic hydroxyl groups is 8. The van der Waals surface area contributed by atoms with Crippen molar-refractivity contribution in [1.82, 2.24) is 0 Å². The molecule has 0 fully saturated rings. The van der Waals surface area contributed by atoms with Crippen LogP contribution in [0.1, 0.15) is 90.4 Å². The van der Waals surface area contributed by atoms with Crippen LogP contribution in [0.3, 0.4) is 0 Å². The first-order valence-electron chi connectivity index (χ1n) is 21.3. The lowest BCUT2D eigenvalue weighted by Crippen LogP contribution is -2.13. The van der Waals surface area contributed by atoms with E-state index in [9.17, 15) is 71.5 Å². The highest BCUT2D eigenvalue weighted by Crippen LogP contribution is 2.54. The Kier molecular flexibility index (Phi) is 11.7. The molecule has 12 N–H and O–H groups in total. The molecule has 0 saturated heterocycles. The van der Waals surface area contributed by atoms with Gasteiger partial charge in [0.1, 0.15) is 46.0 Å². The predicted octanol–water partition coefficient (Wildman–Crippen LogP) is 9.78. The first kappa shape index (κ1) is 45.6. The summed E-state index contributed by atoms with van der Waals surface area (Å²) in [5.41, 5.74) is 4.10. The minimum atomic E-state index is -1.38. The zero-order chi connectivity index (χ0) is 49.7. The standard InChI is InChI=1S/C52H40N4O14/c57-41-21-45(61)37-17-33(41)49(25-5-1-9-29(13-25)53-65)34-18-38(46(62)22-42(34)58)52(28-8-4-12-32(16-28)56(69)70)40-20-36(44(60)24-48(40)64)50(26-6-2-10-30(14-26)54-66)35-19-39(47(63)23-43(35)59)51(37)27-7-3-11-31(15-27)55(67)68/h1-24,49-54,57-66H. The van der Waals surface area contributed by atoms with Crippen molar-refractivity contribution in [2.45, 2.75) is 23.7 Å². The summed E-state index contributed by atoms with van der Waals surface area (Å²) in [6.45, 7) is 0. The summed E-state index contributed by atoms with van der Waals surface area (Å²) in [5, 5.41) is 140. The Balaban J connectivity index is 1.50. The number of benzene rings is 8. The van der Waals surface area contributed by atoms with Gasteiger partial charge in [0.2, 0.25) is 0 Å². The molecular formula is C52H40N4O14. The van der Waals surface area contributed by atoms with Crippen molar-refractivity contribution in [3.8, 4) is 46.0 Å². The lowest BCUT2D eigenvalue weighted by atomic mass is 9.75. The maximum absolute atomic E-state index is 12.3. The van der Waals surface area contributed by atoms with Gasteiger partial charge in [-0.25, -0.2) is 0 Å². The number of phenolic OH excluding ortho intramolecular Hbond substituents is 8. The zero-order valence-corrected chi connectivity index (χ0v) is 36.2. The van der Waals surface area contributed by atoms with E-state index in [1.54, 1.807) is 24.3 Å². The number of hydrogen-bond acceptors (Lipinski definition) is 16. The van der Waals surface area contributed by atoms with Crippen LogP contribution in [-0.2, 0) is 0 Å². The highest BCUT2D eigenvalue weighted by atomic mass is 16.6. The van der Waals surface area contributed by atoms with Gasteiger partial charge in [0.25, 0.3) is 11.4 Å². The molecule has 8 bridgehead atoms. The number of nitro groups is 2. The van der Waals surface area contributed by atoms with Gasteiger partial charge < -0.3 is 40.9 Å². The molecule has 0 radical (unpaired) electrons. The molecule has 1 aliphatic rings. The largest absolute Gasteiger partial charge is 0.507 e. The number of non-ortho nitro benzene ring substituents is 2. The van der Waals surface area contributed by atoms with Crippen LogP contribution < -0.4 is 11.0 Å². The van der Waals surface area contributed by atoms with Gasteiger partial charge in [0.05, 0.1) is 21.2 Å². The van der Waals surface area contributed by atoms with Gasteiger partial charge in [-0.05, 0) is 70.8 Å². The predicted molar refractivity (Wildman–Crippen MR) is 253 cm³/mol. The number of nitrogens with one attached hydrogen (secondary N) is 2. The fraction of sp³-hybridized carbons (Fsp3) is 0.0769. The monoisotopic (exact) mass is 944 g/mol. The fourth-order valence-electron chi connectivity index (χ4n) is 9.61. The summed E-state index contributed by atoms with van der Waals surface area (Å²) < 4.78 is 0. The first-order valence-corrected chi connectivity index (χ1v) is 21.3. The van der Waals surface area contributed by atoms with Gasteiger partial charge in [0.15, 0.2) is 0 Å². The van der Waals surface area contributed by atoms with E-state index in [-0.39, 0.29) is 89.5 Å². The Hall–Kier alpha value is -9.52. The fourth-order valence-corrected chi connectivity index (χ4v) is 9.61. The summed E-state index contributed by atoms with van der Waals surface area (Å²) >= 11 is 0. The van der Waals surface area contributed by atoms with Crippen molar-refractivity contribution in [3.05, 3.63) is 233 Å². The molecule has 18 nitrogen and oxygen atoms in total. The van der Waals surface area contributed by atoms with E-state index in [2.05, 4.69) is 11.0 Å². The van der Waals surface area contributed by atoms with Crippen molar-refractivity contribution in [1.29, 1.82) is 0 Å². The maximum atomic E-state index is 12.3. The zero-order valence-electron chi connectivity index (χ0n) is 36.2. The minimum Gasteiger partial charge on any atom is -0.507 e. The molecule has 352 valence electrons. The Morgan fingerprint density at radius 3 is 0.786 bits per heavy atom. The smallest absolute Gasteiger partial charge is 0.269 e. The summed E-state index contributed by atoms with van der Waals surface area (Å²) in [4.78, 5) is 23.3. The molecule has 18 heteroatoms. The molecule has 0 spiro atoms.